The second-order valence-corrected chi connectivity index (χ2v) is 9.44. The predicted molar refractivity (Wildman–Crippen MR) is 113 cm³/mol. The molecule has 2 nitrogen and oxygen atoms in total. The van der Waals surface area contributed by atoms with Crippen LogP contribution in [0.5, 0.6) is 0 Å². The molecule has 2 aromatic carbocycles. The van der Waals surface area contributed by atoms with Crippen molar-refractivity contribution in [2.24, 2.45) is 0 Å². The lowest BCUT2D eigenvalue weighted by molar-refractivity contribution is -0.112. The highest BCUT2D eigenvalue weighted by atomic mass is 79.9. The number of carbonyl (C=O) groups excluding carboxylic acids is 2. The molecule has 0 spiro atoms. The first kappa shape index (κ1) is 20.5. The molecule has 0 heterocycles. The molecule has 0 radical (unpaired) electrons. The van der Waals surface area contributed by atoms with Crippen LogP contribution in [-0.2, 0) is 9.59 Å². The summed E-state index contributed by atoms with van der Waals surface area (Å²) in [6.45, 7) is 3.74. The van der Waals surface area contributed by atoms with Gasteiger partial charge in [-0.1, -0.05) is 49.2 Å². The molecule has 2 aromatic rings. The molecule has 0 atom stereocenters. The maximum atomic E-state index is 12.6. The Morgan fingerprint density at radius 2 is 1.24 bits per heavy atom. The molecule has 130 valence electrons. The van der Waals surface area contributed by atoms with Crippen LogP contribution < -0.4 is 0 Å². The number of benzene rings is 2. The van der Waals surface area contributed by atoms with Gasteiger partial charge in [0.05, 0.1) is 0 Å². The van der Waals surface area contributed by atoms with Gasteiger partial charge in [0.1, 0.15) is 0 Å². The molecule has 0 aliphatic heterocycles. The van der Waals surface area contributed by atoms with Gasteiger partial charge in [-0.05, 0) is 74.1 Å². The monoisotopic (exact) mass is 498 g/mol. The van der Waals surface area contributed by atoms with Crippen molar-refractivity contribution < 1.29 is 9.59 Å². The van der Waals surface area contributed by atoms with Crippen molar-refractivity contribution in [2.45, 2.75) is 30.1 Å². The van der Waals surface area contributed by atoms with Crippen LogP contribution in [0.3, 0.4) is 0 Å². The van der Waals surface area contributed by atoms with Crippen LogP contribution >= 0.6 is 55.4 Å². The second-order valence-electron chi connectivity index (χ2n) is 5.43. The Morgan fingerprint density at radius 3 is 1.68 bits per heavy atom. The number of halogens is 2. The molecule has 0 saturated heterocycles. The van der Waals surface area contributed by atoms with Crippen LogP contribution in [0.2, 0.25) is 0 Å². The van der Waals surface area contributed by atoms with Gasteiger partial charge in [0, 0.05) is 30.7 Å². The van der Waals surface area contributed by atoms with Gasteiger partial charge >= 0.3 is 0 Å². The van der Waals surface area contributed by atoms with E-state index in [4.69, 9.17) is 0 Å². The predicted octanol–water partition coefficient (Wildman–Crippen LogP) is 6.88. The minimum absolute atomic E-state index is 0.0386. The van der Waals surface area contributed by atoms with Crippen LogP contribution in [-0.4, -0.2) is 10.2 Å². The fourth-order valence-electron chi connectivity index (χ4n) is 1.94. The molecule has 0 bridgehead atoms. The van der Waals surface area contributed by atoms with Gasteiger partial charge in [0.15, 0.2) is 5.12 Å². The van der Waals surface area contributed by atoms with E-state index in [0.29, 0.717) is 5.57 Å². The molecule has 0 fully saturated rings. The highest BCUT2D eigenvalue weighted by molar-refractivity contribution is 9.10. The van der Waals surface area contributed by atoms with Crippen LogP contribution in [0.1, 0.15) is 20.3 Å². The third-order valence-electron chi connectivity index (χ3n) is 3.24. The molecule has 0 aliphatic carbocycles. The summed E-state index contributed by atoms with van der Waals surface area (Å²) in [6.07, 6.45) is 0.130. The zero-order valence-corrected chi connectivity index (χ0v) is 18.5. The smallest absolute Gasteiger partial charge is 0.220 e. The van der Waals surface area contributed by atoms with E-state index < -0.39 is 0 Å². The van der Waals surface area contributed by atoms with Crippen molar-refractivity contribution in [3.05, 3.63) is 68.6 Å². The van der Waals surface area contributed by atoms with Crippen molar-refractivity contribution >= 4 is 65.6 Å². The molecule has 0 amide bonds. The first-order valence-corrected chi connectivity index (χ1v) is 10.7. The third kappa shape index (κ3) is 6.77. The lowest BCUT2D eigenvalue weighted by Gasteiger charge is -2.08. The van der Waals surface area contributed by atoms with Crippen molar-refractivity contribution in [3.63, 3.8) is 0 Å². The quantitative estimate of drug-likeness (QED) is 0.331. The Hall–Kier alpha value is -0.820. The Labute approximate surface area is 173 Å². The summed E-state index contributed by atoms with van der Waals surface area (Å²) < 4.78 is 1.93. The van der Waals surface area contributed by atoms with Gasteiger partial charge in [-0.2, -0.15) is 0 Å². The molecule has 0 saturated carbocycles. The lowest BCUT2D eigenvalue weighted by Crippen LogP contribution is -2.05. The number of hydrogen-bond acceptors (Lipinski definition) is 4. The van der Waals surface area contributed by atoms with E-state index in [0.717, 1.165) is 47.8 Å². The molecular weight excluding hydrogens is 484 g/mol. The molecule has 25 heavy (non-hydrogen) atoms. The van der Waals surface area contributed by atoms with Gasteiger partial charge in [-0.25, -0.2) is 0 Å². The van der Waals surface area contributed by atoms with Crippen LogP contribution in [0.4, 0.5) is 0 Å². The van der Waals surface area contributed by atoms with Gasteiger partial charge in [-0.15, -0.1) is 0 Å². The van der Waals surface area contributed by atoms with E-state index >= 15 is 0 Å². The summed E-state index contributed by atoms with van der Waals surface area (Å²) in [5.41, 5.74) is 1.45. The minimum atomic E-state index is -0.0768. The van der Waals surface area contributed by atoms with Gasteiger partial charge in [-0.3, -0.25) is 9.59 Å². The average molecular weight is 500 g/mol. The van der Waals surface area contributed by atoms with Crippen molar-refractivity contribution in [2.75, 3.05) is 0 Å². The largest absolute Gasteiger partial charge is 0.286 e. The van der Waals surface area contributed by atoms with Crippen molar-refractivity contribution in [1.82, 2.24) is 0 Å². The van der Waals surface area contributed by atoms with Crippen molar-refractivity contribution in [1.29, 1.82) is 0 Å². The molecule has 0 unspecified atom stereocenters. The summed E-state index contributed by atoms with van der Waals surface area (Å²) in [5.74, 6) is 0. The average Bonchev–Trinajstić information content (AvgIpc) is 2.56. The van der Waals surface area contributed by atoms with Gasteiger partial charge < -0.3 is 0 Å². The topological polar surface area (TPSA) is 34.1 Å². The summed E-state index contributed by atoms with van der Waals surface area (Å²) in [4.78, 5) is 26.7. The van der Waals surface area contributed by atoms with Crippen LogP contribution in [0.15, 0.2) is 78.4 Å². The Bertz CT molecular complexity index is 793. The van der Waals surface area contributed by atoms with Crippen LogP contribution in [0, 0.1) is 0 Å². The number of carbonyl (C=O) groups is 2. The number of rotatable bonds is 5. The normalized spacial score (nSPS) is 10.4. The highest BCUT2D eigenvalue weighted by Crippen LogP contribution is 2.29. The maximum absolute atomic E-state index is 12.6. The van der Waals surface area contributed by atoms with Gasteiger partial charge in [0.2, 0.25) is 5.12 Å². The molecule has 6 heteroatoms. The second kappa shape index (κ2) is 9.76. The van der Waals surface area contributed by atoms with E-state index in [9.17, 15) is 9.59 Å². The Balaban J connectivity index is 2.03. The highest BCUT2D eigenvalue weighted by Gasteiger charge is 2.17. The SMILES string of the molecule is CC(C)=C(CC(=O)Sc1ccc(Br)cc1)C(=O)Sc1ccc(Br)cc1. The van der Waals surface area contributed by atoms with E-state index in [-0.39, 0.29) is 16.7 Å². The summed E-state index contributed by atoms with van der Waals surface area (Å²) in [5, 5.41) is -0.115. The zero-order chi connectivity index (χ0) is 18.4. The minimum Gasteiger partial charge on any atom is -0.286 e. The molecule has 0 aliphatic rings. The summed E-state index contributed by atoms with van der Waals surface area (Å²) >= 11 is 9.07. The lowest BCUT2D eigenvalue weighted by atomic mass is 10.1. The fraction of sp³-hybridized carbons (Fsp3) is 0.158. The maximum Gasteiger partial charge on any atom is 0.220 e. The fourth-order valence-corrected chi connectivity index (χ4v) is 4.10. The van der Waals surface area contributed by atoms with Gasteiger partial charge in [0.25, 0.3) is 0 Å². The van der Waals surface area contributed by atoms with Crippen LogP contribution in [0.25, 0.3) is 0 Å². The summed E-state index contributed by atoms with van der Waals surface area (Å²) in [7, 11) is 0. The molecule has 2 rings (SSSR count). The third-order valence-corrected chi connectivity index (χ3v) is 6.12. The summed E-state index contributed by atoms with van der Waals surface area (Å²) in [6, 6.07) is 15.1. The number of thioether (sulfide) groups is 2. The Morgan fingerprint density at radius 1 is 0.800 bits per heavy atom. The standard InChI is InChI=1S/C19H16Br2O2S2/c1-12(2)17(19(23)25-16-9-5-14(21)6-10-16)11-18(22)24-15-7-3-13(20)4-8-15/h3-10H,11H2,1-2H3. The molecule has 0 N–H and O–H groups in total. The van der Waals surface area contributed by atoms with E-state index in [1.807, 2.05) is 62.4 Å². The van der Waals surface area contributed by atoms with Crippen molar-refractivity contribution in [3.8, 4) is 0 Å². The Kier molecular flexibility index (Phi) is 8.00. The number of allylic oxidation sites excluding steroid dienone is 1. The first-order valence-electron chi connectivity index (χ1n) is 7.45. The molecule has 0 aromatic heterocycles. The first-order chi connectivity index (χ1) is 11.8. The number of hydrogen-bond donors (Lipinski definition) is 0. The van der Waals surface area contributed by atoms with E-state index in [1.165, 1.54) is 0 Å². The van der Waals surface area contributed by atoms with E-state index in [1.54, 1.807) is 0 Å². The molecular formula is C19H16Br2O2S2. The zero-order valence-electron chi connectivity index (χ0n) is 13.7. The van der Waals surface area contributed by atoms with E-state index in [2.05, 4.69) is 31.9 Å².